The van der Waals surface area contributed by atoms with Crippen LogP contribution in [0.4, 0.5) is 18.6 Å². The van der Waals surface area contributed by atoms with Gasteiger partial charge in [-0.25, -0.2) is 0 Å². The van der Waals surface area contributed by atoms with Crippen LogP contribution in [0.15, 0.2) is 18.2 Å². The van der Waals surface area contributed by atoms with E-state index in [0.717, 1.165) is 5.56 Å². The molecule has 0 aromatic heterocycles. The molecule has 0 aliphatic rings. The van der Waals surface area contributed by atoms with Crippen molar-refractivity contribution in [1.82, 2.24) is 0 Å². The maximum absolute atomic E-state index is 12.4. The quantitative estimate of drug-likeness (QED) is 0.774. The average molecular weight is 271 g/mol. The fourth-order valence-electron chi connectivity index (χ4n) is 1.59. The number of rotatable bonds is 4. The first kappa shape index (κ1) is 17.3. The Labute approximate surface area is 142 Å². The molecule has 0 radical (unpaired) electrons. The molecule has 0 bridgehead atoms. The Morgan fingerprint density at radius 2 is 1.88 bits per heavy atom. The van der Waals surface area contributed by atoms with Gasteiger partial charge in [-0.2, -0.15) is 0 Å². The van der Waals surface area contributed by atoms with Crippen LogP contribution in [0.2, 0.25) is 0 Å². The Balaban J connectivity index is 0.00000256. The molecule has 0 aliphatic heterocycles. The normalized spacial score (nSPS) is 10.9. The summed E-state index contributed by atoms with van der Waals surface area (Å²) in [5.41, 5.74) is 1.15. The van der Waals surface area contributed by atoms with E-state index in [1.807, 2.05) is 0 Å². The number of anilines is 1. The number of hydrogen-bond acceptors (Lipinski definition) is 2. The molecule has 1 aromatic rings. The van der Waals surface area contributed by atoms with Gasteiger partial charge < -0.3 is 23.0 Å². The molecule has 0 saturated carbocycles. The summed E-state index contributed by atoms with van der Waals surface area (Å²) in [6, 6.07) is 4.43. The van der Waals surface area contributed by atoms with Crippen molar-refractivity contribution in [3.8, 4) is 5.75 Å². The van der Waals surface area contributed by atoms with E-state index in [0.29, 0.717) is 5.69 Å². The number of halogens is 3. The molecule has 7 heteroatoms. The predicted molar refractivity (Wildman–Crippen MR) is 59.8 cm³/mol. The van der Waals surface area contributed by atoms with E-state index in [-0.39, 0.29) is 63.7 Å². The van der Waals surface area contributed by atoms with Crippen LogP contribution in [0.5, 0.6) is 5.75 Å². The van der Waals surface area contributed by atoms with Crippen LogP contribution in [-0.2, 0) is 0 Å². The molecular weight excluding hydrogens is 257 g/mol. The molecule has 1 rings (SSSR count). The first-order valence-electron chi connectivity index (χ1n) is 5.09. The third kappa shape index (κ3) is 5.65. The molecule has 1 N–H and O–H groups in total. The maximum atomic E-state index is 12.4. The van der Waals surface area contributed by atoms with Crippen molar-refractivity contribution in [2.24, 2.45) is 0 Å². The van der Waals surface area contributed by atoms with Crippen molar-refractivity contribution in [2.45, 2.75) is 13.8 Å². The van der Waals surface area contributed by atoms with Gasteiger partial charge in [-0.15, -0.1) is 0 Å². The van der Waals surface area contributed by atoms with Crippen molar-refractivity contribution >= 4 is 12.7 Å². The third-order valence-electron chi connectivity index (χ3n) is 2.34. The fraction of sp³-hybridized carbons (Fsp3) is 0.400. The summed E-state index contributed by atoms with van der Waals surface area (Å²) in [6.07, 6.45) is -0.944. The van der Waals surface area contributed by atoms with Crippen molar-refractivity contribution < 1.29 is 69.4 Å². The number of nitrogens with zero attached hydrogens (tertiary/aromatic N) is 1. The van der Waals surface area contributed by atoms with Gasteiger partial charge in [0.1, 0.15) is 5.75 Å². The van der Waals surface area contributed by atoms with Gasteiger partial charge in [-0.1, -0.05) is 6.07 Å². The summed E-state index contributed by atoms with van der Waals surface area (Å²) < 4.78 is 37.1. The summed E-state index contributed by atoms with van der Waals surface area (Å²) in [5.74, 6) is -0.0197. The van der Waals surface area contributed by atoms with Crippen LogP contribution in [0.1, 0.15) is 12.5 Å². The molecule has 0 heterocycles. The Bertz CT molecular complexity index is 373. The minimum absolute atomic E-state index is 0. The molecule has 0 saturated heterocycles. The van der Waals surface area contributed by atoms with Gasteiger partial charge in [-0.05, 0) is 31.9 Å². The molecule has 0 amide bonds. The van der Waals surface area contributed by atoms with Gasteiger partial charge in [-0.3, -0.25) is 0 Å². The molecule has 1 aromatic carbocycles. The van der Waals surface area contributed by atoms with Crippen molar-refractivity contribution in [1.29, 1.82) is 0 Å². The number of phenols is 1. The second-order valence-corrected chi connectivity index (χ2v) is 3.72. The van der Waals surface area contributed by atoms with Crippen LogP contribution < -0.4 is 56.3 Å². The summed E-state index contributed by atoms with van der Waals surface area (Å²) in [4.78, 5) is 1.22. The number of phenolic OH excluding ortho intramolecular Hbond substituents is 1. The van der Waals surface area contributed by atoms with Crippen LogP contribution in [-0.4, -0.2) is 25.1 Å². The van der Waals surface area contributed by atoms with Gasteiger partial charge in [0.25, 0.3) is 0 Å². The second-order valence-electron chi connectivity index (χ2n) is 3.72. The topological polar surface area (TPSA) is 23.5 Å². The zero-order valence-electron chi connectivity index (χ0n) is 10.3. The van der Waals surface area contributed by atoms with Crippen LogP contribution in [0.25, 0.3) is 0 Å². The Kier molecular flexibility index (Phi) is 7.17. The maximum Gasteiger partial charge on any atom is 1.00 e. The molecule has 0 spiro atoms. The molecule has 90 valence electrons. The number of aryl methyl sites for hydroxylation is 1. The zero-order chi connectivity index (χ0) is 12.3. The van der Waals surface area contributed by atoms with E-state index < -0.39 is 13.4 Å². The molecule has 17 heavy (non-hydrogen) atoms. The smallest absolute Gasteiger partial charge is 0.508 e. The SMILES string of the molecule is CCN(C[B-](F)(F)F)c1cc(O)ccc1C.[K+]. The average Bonchev–Trinajstić information content (AvgIpc) is 2.17. The monoisotopic (exact) mass is 271 g/mol. The standard InChI is InChI=1S/C10H14BF3NO.K/c1-3-15(7-11(12,13)14)10-6-9(16)5-4-8(10)2;/h4-6,16H,3,7H2,1-2H3;/q-1;+1. The first-order chi connectivity index (χ1) is 7.33. The number of benzene rings is 1. The summed E-state index contributed by atoms with van der Waals surface area (Å²) in [6.45, 7) is -1.23. The molecule has 0 fully saturated rings. The van der Waals surface area contributed by atoms with E-state index in [2.05, 4.69) is 0 Å². The number of hydrogen-bond donors (Lipinski definition) is 1. The Morgan fingerprint density at radius 1 is 1.29 bits per heavy atom. The number of aromatic hydroxyl groups is 1. The third-order valence-corrected chi connectivity index (χ3v) is 2.34. The van der Waals surface area contributed by atoms with Crippen molar-refractivity contribution in [3.05, 3.63) is 23.8 Å². The Morgan fingerprint density at radius 3 is 2.35 bits per heavy atom. The van der Waals surface area contributed by atoms with Gasteiger partial charge in [0.15, 0.2) is 0 Å². The fourth-order valence-corrected chi connectivity index (χ4v) is 1.59. The van der Waals surface area contributed by atoms with E-state index in [9.17, 15) is 18.1 Å². The summed E-state index contributed by atoms with van der Waals surface area (Å²) in [5, 5.41) is 9.28. The van der Waals surface area contributed by atoms with Crippen molar-refractivity contribution in [2.75, 3.05) is 17.9 Å². The molecular formula is C10H14BF3KNO. The van der Waals surface area contributed by atoms with Gasteiger partial charge >= 0.3 is 58.4 Å². The molecule has 0 unspecified atom stereocenters. The zero-order valence-corrected chi connectivity index (χ0v) is 13.4. The van der Waals surface area contributed by atoms with Crippen LogP contribution in [0, 0.1) is 6.92 Å². The van der Waals surface area contributed by atoms with Crippen LogP contribution >= 0.6 is 0 Å². The summed E-state index contributed by atoms with van der Waals surface area (Å²) >= 11 is 0. The first-order valence-corrected chi connectivity index (χ1v) is 5.09. The van der Waals surface area contributed by atoms with Gasteiger partial charge in [0.2, 0.25) is 0 Å². The second kappa shape index (κ2) is 7.04. The van der Waals surface area contributed by atoms with E-state index in [1.54, 1.807) is 19.9 Å². The van der Waals surface area contributed by atoms with Crippen LogP contribution in [0.3, 0.4) is 0 Å². The Hall–Kier alpha value is 0.311. The molecule has 0 aliphatic carbocycles. The van der Waals surface area contributed by atoms with E-state index in [1.165, 1.54) is 17.0 Å². The predicted octanol–water partition coefficient (Wildman–Crippen LogP) is -0.0825. The van der Waals surface area contributed by atoms with E-state index >= 15 is 0 Å². The van der Waals surface area contributed by atoms with Gasteiger partial charge in [0, 0.05) is 18.3 Å². The van der Waals surface area contributed by atoms with Gasteiger partial charge in [0.05, 0.1) is 0 Å². The molecule has 0 atom stereocenters. The minimum atomic E-state index is -4.86. The minimum Gasteiger partial charge on any atom is -0.508 e. The van der Waals surface area contributed by atoms with Crippen molar-refractivity contribution in [3.63, 3.8) is 0 Å². The van der Waals surface area contributed by atoms with E-state index in [4.69, 9.17) is 0 Å². The largest absolute Gasteiger partial charge is 1.00 e. The summed E-state index contributed by atoms with van der Waals surface area (Å²) in [7, 11) is 0. The molecule has 2 nitrogen and oxygen atoms in total.